The van der Waals surface area contributed by atoms with Crippen molar-refractivity contribution in [3.63, 3.8) is 0 Å². The highest BCUT2D eigenvalue weighted by molar-refractivity contribution is 7.89. The monoisotopic (exact) mass is 468 g/mol. The van der Waals surface area contributed by atoms with Crippen LogP contribution in [0.4, 0.5) is 0 Å². The lowest BCUT2D eigenvalue weighted by atomic mass is 9.85. The zero-order valence-electron chi connectivity index (χ0n) is 20.0. The molecule has 2 aliphatic heterocycles. The fourth-order valence-electron chi connectivity index (χ4n) is 4.87. The summed E-state index contributed by atoms with van der Waals surface area (Å²) >= 11 is 0. The number of piperidine rings is 1. The molecular weight excluding hydrogens is 432 g/mol. The number of amidine groups is 1. The van der Waals surface area contributed by atoms with Crippen molar-refractivity contribution in [2.24, 2.45) is 10.9 Å². The number of nitrogens with one attached hydrogen (secondary N) is 2. The first kappa shape index (κ1) is 23.9. The third-order valence-corrected chi connectivity index (χ3v) is 8.53. The molecule has 2 heterocycles. The van der Waals surface area contributed by atoms with Gasteiger partial charge in [-0.3, -0.25) is 4.99 Å². The Morgan fingerprint density at radius 3 is 2.48 bits per heavy atom. The summed E-state index contributed by atoms with van der Waals surface area (Å²) in [6.45, 7) is 9.67. The second-order valence-corrected chi connectivity index (χ2v) is 11.7. The van der Waals surface area contributed by atoms with E-state index in [0.29, 0.717) is 43.3 Å². The van der Waals surface area contributed by atoms with E-state index < -0.39 is 10.0 Å². The number of benzene rings is 2. The highest BCUT2D eigenvalue weighted by Gasteiger charge is 2.43. The molecule has 1 fully saturated rings. The van der Waals surface area contributed by atoms with E-state index >= 15 is 0 Å². The molecule has 2 aliphatic rings. The van der Waals surface area contributed by atoms with Crippen LogP contribution in [0.3, 0.4) is 0 Å². The van der Waals surface area contributed by atoms with Crippen LogP contribution < -0.4 is 10.6 Å². The van der Waals surface area contributed by atoms with Crippen LogP contribution in [0.5, 0.6) is 0 Å². The highest BCUT2D eigenvalue weighted by Crippen LogP contribution is 2.29. The van der Waals surface area contributed by atoms with E-state index in [0.717, 1.165) is 25.3 Å². The normalized spacial score (nSPS) is 19.0. The average molecular weight is 469 g/mol. The summed E-state index contributed by atoms with van der Waals surface area (Å²) in [5, 5.41) is 7.21. The lowest BCUT2D eigenvalue weighted by molar-refractivity contribution is 0.241. The lowest BCUT2D eigenvalue weighted by Gasteiger charge is -2.44. The molecule has 0 unspecified atom stereocenters. The highest BCUT2D eigenvalue weighted by atomic mass is 32.2. The molecule has 178 valence electrons. The Morgan fingerprint density at radius 1 is 1.09 bits per heavy atom. The zero-order chi connectivity index (χ0) is 23.5. The van der Waals surface area contributed by atoms with E-state index in [1.54, 1.807) is 16.4 Å². The van der Waals surface area contributed by atoms with Gasteiger partial charge >= 0.3 is 0 Å². The van der Waals surface area contributed by atoms with Crippen LogP contribution in [0.2, 0.25) is 0 Å². The van der Waals surface area contributed by atoms with Crippen LogP contribution in [0, 0.1) is 12.8 Å². The standard InChI is InChI=1S/C26H36N4O2S/c1-20(2)17-22-7-9-24(10-8-22)33(31,32)30-15-11-26(12-16-30)25(27-13-14-29-26)28-19-23-6-4-5-21(3)18-23/h4-10,18,20,29H,11-17,19H2,1-3H3,(H,27,28). The number of nitrogens with zero attached hydrogens (tertiary/aromatic N) is 2. The maximum absolute atomic E-state index is 13.3. The summed E-state index contributed by atoms with van der Waals surface area (Å²) < 4.78 is 28.2. The lowest BCUT2D eigenvalue weighted by Crippen LogP contribution is -2.64. The number of aryl methyl sites for hydroxylation is 1. The molecule has 6 nitrogen and oxygen atoms in total. The number of sulfonamides is 1. The third kappa shape index (κ3) is 5.48. The average Bonchev–Trinajstić information content (AvgIpc) is 2.79. The van der Waals surface area contributed by atoms with E-state index in [4.69, 9.17) is 4.99 Å². The molecule has 0 aliphatic carbocycles. The molecule has 2 aromatic carbocycles. The number of hydrogen-bond donors (Lipinski definition) is 2. The summed E-state index contributed by atoms with van der Waals surface area (Å²) in [6, 6.07) is 15.9. The maximum atomic E-state index is 13.3. The van der Waals surface area contributed by atoms with Crippen LogP contribution in [0.15, 0.2) is 58.4 Å². The SMILES string of the molecule is Cc1cccc(CNC2=NCCNC23CCN(S(=O)(=O)c2ccc(CC(C)C)cc2)CC3)c1. The molecule has 0 saturated carbocycles. The van der Waals surface area contributed by atoms with Crippen LogP contribution in [-0.2, 0) is 23.0 Å². The molecule has 0 amide bonds. The number of aliphatic imine (C=N–C) groups is 1. The van der Waals surface area contributed by atoms with Gasteiger partial charge in [-0.2, -0.15) is 4.31 Å². The molecule has 0 atom stereocenters. The van der Waals surface area contributed by atoms with Crippen LogP contribution >= 0.6 is 0 Å². The molecule has 33 heavy (non-hydrogen) atoms. The fourth-order valence-corrected chi connectivity index (χ4v) is 6.31. The molecule has 2 aromatic rings. The van der Waals surface area contributed by atoms with Gasteiger partial charge in [-0.25, -0.2) is 8.42 Å². The van der Waals surface area contributed by atoms with Crippen molar-refractivity contribution in [3.05, 3.63) is 65.2 Å². The molecule has 1 spiro atoms. The first-order chi connectivity index (χ1) is 15.8. The van der Waals surface area contributed by atoms with Gasteiger partial charge < -0.3 is 10.6 Å². The summed E-state index contributed by atoms with van der Waals surface area (Å²) in [7, 11) is -3.49. The minimum absolute atomic E-state index is 0.283. The quantitative estimate of drug-likeness (QED) is 0.681. The Morgan fingerprint density at radius 2 is 1.82 bits per heavy atom. The van der Waals surface area contributed by atoms with Crippen molar-refractivity contribution >= 4 is 15.9 Å². The molecular formula is C26H36N4O2S. The van der Waals surface area contributed by atoms with Gasteiger partial charge in [0.25, 0.3) is 0 Å². The second kappa shape index (κ2) is 9.95. The summed E-state index contributed by atoms with van der Waals surface area (Å²) in [6.07, 6.45) is 2.37. The molecule has 1 saturated heterocycles. The summed E-state index contributed by atoms with van der Waals surface area (Å²) in [5.74, 6) is 1.51. The van der Waals surface area contributed by atoms with Gasteiger partial charge in [0.2, 0.25) is 10.0 Å². The van der Waals surface area contributed by atoms with Gasteiger partial charge in [0.1, 0.15) is 5.84 Å². The van der Waals surface area contributed by atoms with E-state index in [1.807, 2.05) is 12.1 Å². The molecule has 7 heteroatoms. The molecule has 2 N–H and O–H groups in total. The maximum Gasteiger partial charge on any atom is 0.243 e. The van der Waals surface area contributed by atoms with Crippen molar-refractivity contribution in [2.45, 2.75) is 57.0 Å². The van der Waals surface area contributed by atoms with Crippen molar-refractivity contribution < 1.29 is 8.42 Å². The van der Waals surface area contributed by atoms with Gasteiger partial charge in [0.15, 0.2) is 0 Å². The summed E-state index contributed by atoms with van der Waals surface area (Å²) in [4.78, 5) is 5.18. The van der Waals surface area contributed by atoms with Gasteiger partial charge in [-0.15, -0.1) is 0 Å². The Balaban J connectivity index is 1.42. The van der Waals surface area contributed by atoms with Crippen LogP contribution in [-0.4, -0.2) is 50.3 Å². The van der Waals surface area contributed by atoms with E-state index in [9.17, 15) is 8.42 Å². The predicted molar refractivity (Wildman–Crippen MR) is 134 cm³/mol. The molecule has 4 rings (SSSR count). The van der Waals surface area contributed by atoms with E-state index in [-0.39, 0.29) is 5.54 Å². The number of hydrogen-bond acceptors (Lipinski definition) is 5. The Hall–Kier alpha value is -2.22. The van der Waals surface area contributed by atoms with Gasteiger partial charge in [0.05, 0.1) is 17.0 Å². The van der Waals surface area contributed by atoms with Crippen molar-refractivity contribution in [1.82, 2.24) is 14.9 Å². The fraction of sp³-hybridized carbons (Fsp3) is 0.500. The minimum atomic E-state index is -3.49. The zero-order valence-corrected chi connectivity index (χ0v) is 20.8. The Kier molecular flexibility index (Phi) is 7.22. The van der Waals surface area contributed by atoms with Gasteiger partial charge in [0, 0.05) is 26.2 Å². The Bertz CT molecular complexity index is 1090. The van der Waals surface area contributed by atoms with Crippen LogP contribution in [0.1, 0.15) is 43.4 Å². The summed E-state index contributed by atoms with van der Waals surface area (Å²) in [5.41, 5.74) is 3.35. The smallest absolute Gasteiger partial charge is 0.243 e. The topological polar surface area (TPSA) is 73.8 Å². The second-order valence-electron chi connectivity index (χ2n) is 9.73. The van der Waals surface area contributed by atoms with Gasteiger partial charge in [-0.05, 0) is 55.4 Å². The third-order valence-electron chi connectivity index (χ3n) is 6.62. The number of rotatable bonds is 6. The van der Waals surface area contributed by atoms with Gasteiger partial charge in [-0.1, -0.05) is 55.8 Å². The van der Waals surface area contributed by atoms with E-state index in [1.165, 1.54) is 16.7 Å². The molecule has 0 aromatic heterocycles. The van der Waals surface area contributed by atoms with Crippen molar-refractivity contribution in [1.29, 1.82) is 0 Å². The van der Waals surface area contributed by atoms with Crippen molar-refractivity contribution in [3.8, 4) is 0 Å². The van der Waals surface area contributed by atoms with Crippen LogP contribution in [0.25, 0.3) is 0 Å². The minimum Gasteiger partial charge on any atom is -0.368 e. The largest absolute Gasteiger partial charge is 0.368 e. The molecule has 0 radical (unpaired) electrons. The van der Waals surface area contributed by atoms with E-state index in [2.05, 4.69) is 55.7 Å². The van der Waals surface area contributed by atoms with Crippen molar-refractivity contribution in [2.75, 3.05) is 26.2 Å². The first-order valence-electron chi connectivity index (χ1n) is 12.0. The Labute approximate surface area is 198 Å². The molecule has 0 bridgehead atoms. The first-order valence-corrected chi connectivity index (χ1v) is 13.4. The predicted octanol–water partition coefficient (Wildman–Crippen LogP) is 3.51.